The number of allylic oxidation sites excluding steroid dienone is 1. The van der Waals surface area contributed by atoms with Gasteiger partial charge in [-0.1, -0.05) is 23.8 Å². The van der Waals surface area contributed by atoms with Crippen LogP contribution in [-0.2, 0) is 29.4 Å². The van der Waals surface area contributed by atoms with Crippen molar-refractivity contribution in [2.24, 2.45) is 0 Å². The zero-order valence-electron chi connectivity index (χ0n) is 17.6. The van der Waals surface area contributed by atoms with E-state index in [4.69, 9.17) is 11.6 Å². The average molecular weight is 461 g/mol. The fraction of sp³-hybridized carbons (Fsp3) is 0.476. The van der Waals surface area contributed by atoms with Crippen molar-refractivity contribution in [3.05, 3.63) is 46.1 Å². The highest BCUT2D eigenvalue weighted by atomic mass is 35.5. The molecular formula is C21H25ClN6O2S. The molecule has 0 aromatic carbocycles. The van der Waals surface area contributed by atoms with E-state index in [9.17, 15) is 8.42 Å². The fourth-order valence-electron chi connectivity index (χ4n) is 4.74. The molecule has 0 saturated carbocycles. The zero-order valence-corrected chi connectivity index (χ0v) is 19.2. The Morgan fingerprint density at radius 3 is 2.65 bits per heavy atom. The first-order valence-electron chi connectivity index (χ1n) is 10.5. The first-order valence-corrected chi connectivity index (χ1v) is 12.7. The summed E-state index contributed by atoms with van der Waals surface area (Å²) >= 11 is 6.35. The second kappa shape index (κ2) is 7.72. The summed E-state index contributed by atoms with van der Waals surface area (Å²) in [6.45, 7) is 5.05. The van der Waals surface area contributed by atoms with E-state index < -0.39 is 10.0 Å². The third-order valence-corrected chi connectivity index (χ3v) is 7.85. The molecule has 8 nitrogen and oxygen atoms in total. The lowest BCUT2D eigenvalue weighted by Gasteiger charge is -2.40. The molecule has 0 N–H and O–H groups in total. The molecule has 10 heteroatoms. The highest BCUT2D eigenvalue weighted by Crippen LogP contribution is 2.37. The van der Waals surface area contributed by atoms with E-state index in [-0.39, 0.29) is 6.04 Å². The maximum Gasteiger partial charge on any atom is 0.211 e. The Kier molecular flexibility index (Phi) is 5.15. The van der Waals surface area contributed by atoms with E-state index in [0.717, 1.165) is 46.9 Å². The number of rotatable bonds is 3. The van der Waals surface area contributed by atoms with E-state index in [2.05, 4.69) is 43.8 Å². The summed E-state index contributed by atoms with van der Waals surface area (Å²) in [6.07, 6.45) is 8.76. The second-order valence-corrected chi connectivity index (χ2v) is 10.8. The van der Waals surface area contributed by atoms with Crippen LogP contribution in [0.1, 0.15) is 29.4 Å². The monoisotopic (exact) mass is 460 g/mol. The topological polar surface area (TPSA) is 82.5 Å². The molecule has 0 unspecified atom stereocenters. The molecule has 0 amide bonds. The summed E-state index contributed by atoms with van der Waals surface area (Å²) in [5.74, 6) is 0.905. The summed E-state index contributed by atoms with van der Waals surface area (Å²) in [4.78, 5) is 18.2. The van der Waals surface area contributed by atoms with Crippen molar-refractivity contribution in [2.45, 2.75) is 32.4 Å². The molecule has 5 rings (SSSR count). The van der Waals surface area contributed by atoms with Crippen molar-refractivity contribution in [1.29, 1.82) is 0 Å². The Balaban J connectivity index is 1.47. The normalized spacial score (nSPS) is 21.3. The summed E-state index contributed by atoms with van der Waals surface area (Å²) in [6, 6.07) is 2.21. The number of hydrogen-bond acceptors (Lipinski definition) is 7. The maximum atomic E-state index is 11.9. The predicted octanol–water partition coefficient (Wildman–Crippen LogP) is 2.13. The number of halogens is 1. The molecule has 0 radical (unpaired) electrons. The van der Waals surface area contributed by atoms with Gasteiger partial charge >= 0.3 is 0 Å². The standard InChI is InChI=1S/C21H25ClN6O2S/c1-14-10-18-16(12-28(14)19-11-20(22)25-17-5-3-4-15(17)19)21(24-13-23-18)26-6-8-27(9-7-26)31(2,29)30/h3-4,11,13-14H,5-10,12H2,1-2H3/t14-/m1/s1. The minimum atomic E-state index is -3.17. The quantitative estimate of drug-likeness (QED) is 0.649. The number of hydrogen-bond donors (Lipinski definition) is 0. The van der Waals surface area contributed by atoms with Crippen molar-refractivity contribution >= 4 is 39.2 Å². The highest BCUT2D eigenvalue weighted by Gasteiger charge is 2.32. The summed E-state index contributed by atoms with van der Waals surface area (Å²) in [7, 11) is -3.17. The van der Waals surface area contributed by atoms with Crippen LogP contribution in [0.3, 0.4) is 0 Å². The van der Waals surface area contributed by atoms with E-state index in [1.807, 2.05) is 6.07 Å². The van der Waals surface area contributed by atoms with Gasteiger partial charge in [-0.15, -0.1) is 0 Å². The lowest BCUT2D eigenvalue weighted by molar-refractivity contribution is 0.386. The molecule has 0 bridgehead atoms. The molecule has 1 saturated heterocycles. The molecular weight excluding hydrogens is 436 g/mol. The number of sulfonamides is 1. The van der Waals surface area contributed by atoms with Gasteiger partial charge in [0.15, 0.2) is 0 Å². The highest BCUT2D eigenvalue weighted by molar-refractivity contribution is 7.88. The molecule has 31 heavy (non-hydrogen) atoms. The van der Waals surface area contributed by atoms with Crippen LogP contribution < -0.4 is 9.80 Å². The van der Waals surface area contributed by atoms with Crippen LogP contribution in [0.15, 0.2) is 18.5 Å². The lowest BCUT2D eigenvalue weighted by atomic mass is 9.97. The van der Waals surface area contributed by atoms with Crippen molar-refractivity contribution in [2.75, 3.05) is 42.2 Å². The number of anilines is 2. The SMILES string of the molecule is C[C@@H]1Cc2ncnc(N3CCN(S(C)(=O)=O)CC3)c2CN1c1cc(Cl)nc2c1C=CC2. The number of aromatic nitrogens is 3. The minimum absolute atomic E-state index is 0.258. The molecule has 2 aromatic heterocycles. The van der Waals surface area contributed by atoms with E-state index in [1.165, 1.54) is 10.6 Å². The van der Waals surface area contributed by atoms with Crippen molar-refractivity contribution in [1.82, 2.24) is 19.3 Å². The van der Waals surface area contributed by atoms with Gasteiger partial charge in [-0.2, -0.15) is 4.31 Å². The van der Waals surface area contributed by atoms with Crippen LogP contribution in [0.5, 0.6) is 0 Å². The fourth-order valence-corrected chi connectivity index (χ4v) is 5.77. The van der Waals surface area contributed by atoms with Crippen molar-refractivity contribution < 1.29 is 8.42 Å². The average Bonchev–Trinajstić information content (AvgIpc) is 3.20. The van der Waals surface area contributed by atoms with Gasteiger partial charge in [-0.3, -0.25) is 0 Å². The molecule has 3 aliphatic rings. The van der Waals surface area contributed by atoms with E-state index >= 15 is 0 Å². The van der Waals surface area contributed by atoms with Crippen LogP contribution in [0.2, 0.25) is 5.15 Å². The van der Waals surface area contributed by atoms with E-state index in [1.54, 1.807) is 6.33 Å². The molecule has 2 aromatic rings. The van der Waals surface area contributed by atoms with Gasteiger partial charge in [-0.25, -0.2) is 23.4 Å². The number of piperazine rings is 1. The Hall–Kier alpha value is -2.23. The van der Waals surface area contributed by atoms with Crippen LogP contribution in [-0.4, -0.2) is 66.2 Å². The molecule has 1 fully saturated rings. The van der Waals surface area contributed by atoms with Gasteiger partial charge < -0.3 is 9.80 Å². The first-order chi connectivity index (χ1) is 14.8. The summed E-state index contributed by atoms with van der Waals surface area (Å²) in [5.41, 5.74) is 5.42. The Labute approximate surface area is 187 Å². The van der Waals surface area contributed by atoms with Crippen LogP contribution in [0, 0.1) is 0 Å². The number of nitrogens with zero attached hydrogens (tertiary/aromatic N) is 6. The van der Waals surface area contributed by atoms with Crippen LogP contribution >= 0.6 is 11.6 Å². The molecule has 1 aliphatic carbocycles. The van der Waals surface area contributed by atoms with Crippen molar-refractivity contribution in [3.63, 3.8) is 0 Å². The van der Waals surface area contributed by atoms with Gasteiger partial charge in [0.05, 0.1) is 17.6 Å². The Morgan fingerprint density at radius 2 is 1.90 bits per heavy atom. The summed E-state index contributed by atoms with van der Waals surface area (Å²) in [5, 5.41) is 0.511. The number of pyridine rings is 1. The first kappa shape index (κ1) is 20.7. The molecule has 0 spiro atoms. The molecule has 4 heterocycles. The van der Waals surface area contributed by atoms with Gasteiger partial charge in [-0.05, 0) is 13.0 Å². The molecule has 164 valence electrons. The van der Waals surface area contributed by atoms with Gasteiger partial charge in [0.1, 0.15) is 17.3 Å². The third-order valence-electron chi connectivity index (χ3n) is 6.36. The zero-order chi connectivity index (χ0) is 21.8. The van der Waals surface area contributed by atoms with Gasteiger partial charge in [0.25, 0.3) is 0 Å². The number of fused-ring (bicyclic) bond motifs is 2. The minimum Gasteiger partial charge on any atom is -0.363 e. The predicted molar refractivity (Wildman–Crippen MR) is 122 cm³/mol. The van der Waals surface area contributed by atoms with Crippen molar-refractivity contribution in [3.8, 4) is 0 Å². The molecule has 1 atom stereocenters. The van der Waals surface area contributed by atoms with Crippen LogP contribution in [0.4, 0.5) is 11.5 Å². The second-order valence-electron chi connectivity index (χ2n) is 8.38. The molecule has 2 aliphatic heterocycles. The summed E-state index contributed by atoms with van der Waals surface area (Å²) < 4.78 is 25.3. The van der Waals surface area contributed by atoms with Gasteiger partial charge in [0, 0.05) is 68.4 Å². The smallest absolute Gasteiger partial charge is 0.211 e. The van der Waals surface area contributed by atoms with Crippen LogP contribution in [0.25, 0.3) is 6.08 Å². The maximum absolute atomic E-state index is 11.9. The Bertz CT molecular complexity index is 1160. The Morgan fingerprint density at radius 1 is 1.13 bits per heavy atom. The van der Waals surface area contributed by atoms with Gasteiger partial charge in [0.2, 0.25) is 10.0 Å². The lowest BCUT2D eigenvalue weighted by Crippen LogP contribution is -2.49. The largest absolute Gasteiger partial charge is 0.363 e. The van der Waals surface area contributed by atoms with E-state index in [0.29, 0.717) is 37.9 Å². The third kappa shape index (κ3) is 3.79.